The lowest BCUT2D eigenvalue weighted by Gasteiger charge is -2.60. The summed E-state index contributed by atoms with van der Waals surface area (Å²) >= 11 is 0. The summed E-state index contributed by atoms with van der Waals surface area (Å²) in [6.07, 6.45) is 14.9. The first-order valence-corrected chi connectivity index (χ1v) is 11.5. The van der Waals surface area contributed by atoms with Gasteiger partial charge in [-0.25, -0.2) is 0 Å². The summed E-state index contributed by atoms with van der Waals surface area (Å²) in [7, 11) is 0. The summed E-state index contributed by atoms with van der Waals surface area (Å²) < 4.78 is 0. The smallest absolute Gasteiger partial charge is 0.120 e. The fourth-order valence-corrected chi connectivity index (χ4v) is 8.89. The van der Waals surface area contributed by atoms with Gasteiger partial charge in [-0.15, -0.1) is 0 Å². The van der Waals surface area contributed by atoms with Crippen molar-refractivity contribution < 1.29 is 9.90 Å². The molecule has 0 heterocycles. The maximum atomic E-state index is 11.1. The van der Waals surface area contributed by atoms with Gasteiger partial charge in [-0.1, -0.05) is 33.6 Å². The number of carbonyl (C=O) groups excluding carboxylic acids is 1. The molecule has 2 unspecified atom stereocenters. The summed E-state index contributed by atoms with van der Waals surface area (Å²) in [5.74, 6) is 4.27. The van der Waals surface area contributed by atoms with E-state index in [1.54, 1.807) is 0 Å². The highest BCUT2D eigenvalue weighted by Gasteiger charge is 2.62. The number of hydrogen-bond acceptors (Lipinski definition) is 2. The average molecular weight is 361 g/mol. The molecule has 0 radical (unpaired) electrons. The molecule has 9 atom stereocenters. The molecular weight excluding hydrogens is 320 g/mol. The fourth-order valence-electron chi connectivity index (χ4n) is 8.89. The number of aliphatic hydroxyl groups excluding tert-OH is 1. The number of hydrogen-bond donors (Lipinski definition) is 1. The highest BCUT2D eigenvalue weighted by molar-refractivity contribution is 5.49. The minimum atomic E-state index is -0.151. The van der Waals surface area contributed by atoms with Crippen LogP contribution in [0.25, 0.3) is 0 Å². The molecule has 148 valence electrons. The van der Waals surface area contributed by atoms with E-state index in [0.717, 1.165) is 36.9 Å². The second kappa shape index (κ2) is 6.90. The first kappa shape index (κ1) is 19.0. The highest BCUT2D eigenvalue weighted by atomic mass is 16.3. The van der Waals surface area contributed by atoms with Crippen LogP contribution in [0.5, 0.6) is 0 Å². The van der Waals surface area contributed by atoms with Gasteiger partial charge in [-0.3, -0.25) is 0 Å². The van der Waals surface area contributed by atoms with Gasteiger partial charge in [0.2, 0.25) is 0 Å². The van der Waals surface area contributed by atoms with E-state index in [-0.39, 0.29) is 6.10 Å². The molecular formula is C24H40O2. The molecule has 0 aromatic heterocycles. The van der Waals surface area contributed by atoms with E-state index < -0.39 is 0 Å². The lowest BCUT2D eigenvalue weighted by Crippen LogP contribution is -2.53. The molecule has 2 nitrogen and oxygen atoms in total. The van der Waals surface area contributed by atoms with Crippen LogP contribution >= 0.6 is 0 Å². The molecule has 4 rings (SSSR count). The second-order valence-corrected chi connectivity index (χ2v) is 11.0. The number of fused-ring (bicyclic) bond motifs is 5. The quantitative estimate of drug-likeness (QED) is 0.661. The fraction of sp³-hybridized carbons (Fsp3) is 0.958. The van der Waals surface area contributed by atoms with Crippen LogP contribution in [-0.4, -0.2) is 17.5 Å². The average Bonchev–Trinajstić information content (AvgIpc) is 2.89. The zero-order chi connectivity index (χ0) is 18.5. The summed E-state index contributed by atoms with van der Waals surface area (Å²) in [4.78, 5) is 10.9. The van der Waals surface area contributed by atoms with Gasteiger partial charge in [0.1, 0.15) is 6.29 Å². The van der Waals surface area contributed by atoms with Crippen molar-refractivity contribution in [2.75, 3.05) is 0 Å². The minimum absolute atomic E-state index is 0.151. The molecule has 4 fully saturated rings. The maximum absolute atomic E-state index is 11.1. The highest BCUT2D eigenvalue weighted by Crippen LogP contribution is 2.68. The van der Waals surface area contributed by atoms with E-state index in [4.69, 9.17) is 0 Å². The Bertz CT molecular complexity index is 530. The zero-order valence-corrected chi connectivity index (χ0v) is 17.3. The minimum Gasteiger partial charge on any atom is -0.393 e. The third kappa shape index (κ3) is 2.73. The van der Waals surface area contributed by atoms with Crippen molar-refractivity contribution in [1.29, 1.82) is 0 Å². The topological polar surface area (TPSA) is 37.3 Å². The van der Waals surface area contributed by atoms with Gasteiger partial charge in [0.15, 0.2) is 0 Å². The molecule has 4 saturated carbocycles. The molecule has 26 heavy (non-hydrogen) atoms. The van der Waals surface area contributed by atoms with Crippen LogP contribution in [0.1, 0.15) is 91.4 Å². The predicted molar refractivity (Wildman–Crippen MR) is 106 cm³/mol. The van der Waals surface area contributed by atoms with Gasteiger partial charge in [-0.2, -0.15) is 0 Å². The Labute approximate surface area is 160 Å². The predicted octanol–water partition coefficient (Wildman–Crippen LogP) is 5.62. The monoisotopic (exact) mass is 360 g/mol. The van der Waals surface area contributed by atoms with Crippen LogP contribution in [0.15, 0.2) is 0 Å². The lowest BCUT2D eigenvalue weighted by molar-refractivity contribution is -0.116. The standard InChI is InChI=1S/C24H40O2/c1-16(7-6-14-25)22-21(26)15-20-18-10-9-17-8-4-5-12-23(17,2)19(18)11-13-24(20,22)3/h14,16-22,26H,4-13,15H2,1-3H3/t16-,17?,18-,19+,20+,21?,22+,23+,24+/m1/s1. The van der Waals surface area contributed by atoms with Crippen molar-refractivity contribution in [1.82, 2.24) is 0 Å². The Morgan fingerprint density at radius 3 is 2.62 bits per heavy atom. The van der Waals surface area contributed by atoms with Gasteiger partial charge in [0.05, 0.1) is 6.10 Å². The van der Waals surface area contributed by atoms with Crippen molar-refractivity contribution in [2.24, 2.45) is 46.3 Å². The largest absolute Gasteiger partial charge is 0.393 e. The molecule has 1 N–H and O–H groups in total. The molecule has 0 saturated heterocycles. The molecule has 4 aliphatic carbocycles. The molecule has 0 aromatic carbocycles. The Balaban J connectivity index is 1.58. The van der Waals surface area contributed by atoms with Crippen LogP contribution in [-0.2, 0) is 4.79 Å². The number of rotatable bonds is 4. The van der Waals surface area contributed by atoms with Crippen molar-refractivity contribution >= 4 is 6.29 Å². The normalized spacial score (nSPS) is 51.8. The number of carbonyl (C=O) groups is 1. The Morgan fingerprint density at radius 1 is 1.04 bits per heavy atom. The zero-order valence-electron chi connectivity index (χ0n) is 17.3. The summed E-state index contributed by atoms with van der Waals surface area (Å²) in [6, 6.07) is 0. The van der Waals surface area contributed by atoms with Crippen LogP contribution in [0.2, 0.25) is 0 Å². The maximum Gasteiger partial charge on any atom is 0.120 e. The second-order valence-electron chi connectivity index (χ2n) is 11.0. The van der Waals surface area contributed by atoms with Gasteiger partial charge in [-0.05, 0) is 97.7 Å². The van der Waals surface area contributed by atoms with E-state index in [1.165, 1.54) is 51.4 Å². The van der Waals surface area contributed by atoms with E-state index >= 15 is 0 Å². The van der Waals surface area contributed by atoms with Gasteiger partial charge < -0.3 is 9.90 Å². The Kier molecular flexibility index (Phi) is 5.04. The van der Waals surface area contributed by atoms with Crippen LogP contribution < -0.4 is 0 Å². The summed E-state index contributed by atoms with van der Waals surface area (Å²) in [6.45, 7) is 7.42. The van der Waals surface area contributed by atoms with Gasteiger partial charge >= 0.3 is 0 Å². The van der Waals surface area contributed by atoms with Gasteiger partial charge in [0.25, 0.3) is 0 Å². The third-order valence-electron chi connectivity index (χ3n) is 10.0. The summed E-state index contributed by atoms with van der Waals surface area (Å²) in [5.41, 5.74) is 0.870. The van der Waals surface area contributed by atoms with E-state index in [0.29, 0.717) is 35.0 Å². The SMILES string of the molecule is C[C@H](CCC=O)[C@H]1C(O)C[C@H]2[C@@H]3CCC4CCCC[C@]4(C)[C@H]3CC[C@]12C. The lowest BCUT2D eigenvalue weighted by atomic mass is 9.44. The molecule has 0 aliphatic heterocycles. The Hall–Kier alpha value is -0.370. The molecule has 0 aromatic rings. The molecule has 2 heteroatoms. The molecule has 0 bridgehead atoms. The van der Waals surface area contributed by atoms with Crippen molar-refractivity contribution in [3.63, 3.8) is 0 Å². The van der Waals surface area contributed by atoms with Crippen molar-refractivity contribution in [2.45, 2.75) is 97.5 Å². The van der Waals surface area contributed by atoms with Crippen LogP contribution in [0, 0.1) is 46.3 Å². The summed E-state index contributed by atoms with van der Waals surface area (Å²) in [5, 5.41) is 11.1. The van der Waals surface area contributed by atoms with Crippen molar-refractivity contribution in [3.8, 4) is 0 Å². The molecule has 4 aliphatic rings. The van der Waals surface area contributed by atoms with E-state index in [1.807, 2.05) is 0 Å². The Morgan fingerprint density at radius 2 is 1.85 bits per heavy atom. The van der Waals surface area contributed by atoms with Crippen LogP contribution in [0.3, 0.4) is 0 Å². The van der Waals surface area contributed by atoms with Crippen LogP contribution in [0.4, 0.5) is 0 Å². The first-order valence-electron chi connectivity index (χ1n) is 11.5. The number of aliphatic hydroxyl groups is 1. The first-order chi connectivity index (χ1) is 12.4. The van der Waals surface area contributed by atoms with E-state index in [9.17, 15) is 9.90 Å². The third-order valence-corrected chi connectivity index (χ3v) is 10.0. The van der Waals surface area contributed by atoms with Gasteiger partial charge in [0, 0.05) is 6.42 Å². The van der Waals surface area contributed by atoms with Crippen molar-refractivity contribution in [3.05, 3.63) is 0 Å². The van der Waals surface area contributed by atoms with E-state index in [2.05, 4.69) is 20.8 Å². The number of aldehydes is 1. The molecule has 0 amide bonds. The molecule has 0 spiro atoms.